The number of rotatable bonds is 4. The number of methoxy groups -OCH3 is 2. The summed E-state index contributed by atoms with van der Waals surface area (Å²) in [4.78, 5) is 32.6. The van der Waals surface area contributed by atoms with Crippen LogP contribution in [0, 0.1) is 0 Å². The van der Waals surface area contributed by atoms with E-state index in [1.165, 1.54) is 52.7 Å². The third-order valence-corrected chi connectivity index (χ3v) is 6.02. The van der Waals surface area contributed by atoms with Gasteiger partial charge in [-0.15, -0.1) is 0 Å². The summed E-state index contributed by atoms with van der Waals surface area (Å²) in [5.41, 5.74) is 8.25. The Morgan fingerprint density at radius 3 is 1.63 bits per heavy atom. The topological polar surface area (TPSA) is 108 Å². The van der Waals surface area contributed by atoms with Gasteiger partial charge in [0.15, 0.2) is 0 Å². The second-order valence-electron chi connectivity index (χ2n) is 8.76. The van der Waals surface area contributed by atoms with Crippen molar-refractivity contribution < 1.29 is 23.9 Å². The number of esters is 2. The maximum Gasteiger partial charge on any atom is 0.337 e. The highest BCUT2D eigenvalue weighted by Gasteiger charge is 2.13. The lowest BCUT2D eigenvalue weighted by molar-refractivity contribution is -0.120. The summed E-state index contributed by atoms with van der Waals surface area (Å²) in [6.45, 7) is 0. The summed E-state index contributed by atoms with van der Waals surface area (Å²) < 4.78 is 9.16. The predicted molar refractivity (Wildman–Crippen MR) is 139 cm³/mol. The number of nitrogen functional groups attached to an aromatic ring is 1. The van der Waals surface area contributed by atoms with Gasteiger partial charge in [0, 0.05) is 30.3 Å². The fourth-order valence-electron chi connectivity index (χ4n) is 3.99. The highest BCUT2D eigenvalue weighted by atomic mass is 16.5. The summed E-state index contributed by atoms with van der Waals surface area (Å²) in [7, 11) is 2.75. The zero-order valence-electron chi connectivity index (χ0n) is 20.9. The molecule has 0 bridgehead atoms. The molecule has 0 spiro atoms. The van der Waals surface area contributed by atoms with Gasteiger partial charge in [0.05, 0.1) is 25.3 Å². The number of benzene rings is 2. The molecule has 2 aromatic rings. The van der Waals surface area contributed by atoms with E-state index >= 15 is 0 Å². The van der Waals surface area contributed by atoms with Crippen LogP contribution in [0.2, 0.25) is 0 Å². The van der Waals surface area contributed by atoms with E-state index in [9.17, 15) is 14.4 Å². The lowest BCUT2D eigenvalue weighted by Crippen LogP contribution is -2.22. The van der Waals surface area contributed by atoms with Gasteiger partial charge in [-0.2, -0.15) is 0 Å². The molecule has 0 heterocycles. The number of carbonyl (C=O) groups excluding carboxylic acids is 3. The van der Waals surface area contributed by atoms with E-state index in [0.717, 1.165) is 31.4 Å². The number of ether oxygens (including phenoxy) is 2. The molecule has 7 nitrogen and oxygen atoms in total. The van der Waals surface area contributed by atoms with E-state index in [1.807, 2.05) is 12.1 Å². The Morgan fingerprint density at radius 2 is 1.20 bits per heavy atom. The molecule has 0 aliphatic heterocycles. The standard InChI is InChI=1S/C14H19NO2.C8H9NO2.C6H10O/c1-17-14(16)11-7-9-13(10-8-11)15-12-5-3-2-4-6-12;1-11-8(10)6-2-4-7(9)5-3-6;7-6-4-2-1-3-5-6/h7-10,12,15H,2-6H2,1H3;2-5H,9H2,1H3;1-5H2. The molecule has 190 valence electrons. The third kappa shape index (κ3) is 10.6. The van der Waals surface area contributed by atoms with E-state index in [0.29, 0.717) is 28.6 Å². The average molecular weight is 483 g/mol. The van der Waals surface area contributed by atoms with Crippen LogP contribution >= 0.6 is 0 Å². The smallest absolute Gasteiger partial charge is 0.337 e. The molecule has 0 unspecified atom stereocenters. The Balaban J connectivity index is 0.000000205. The van der Waals surface area contributed by atoms with E-state index in [4.69, 9.17) is 5.73 Å². The van der Waals surface area contributed by atoms with Gasteiger partial charge >= 0.3 is 11.9 Å². The zero-order chi connectivity index (χ0) is 25.5. The van der Waals surface area contributed by atoms with Crippen LogP contribution in [0.25, 0.3) is 0 Å². The summed E-state index contributed by atoms with van der Waals surface area (Å²) in [6.07, 6.45) is 11.7. The quantitative estimate of drug-likeness (QED) is 0.419. The van der Waals surface area contributed by atoms with Gasteiger partial charge < -0.3 is 20.5 Å². The molecular weight excluding hydrogens is 444 g/mol. The molecule has 2 aliphatic rings. The number of Topliss-reactive ketones (excluding diaryl/α,β-unsaturated/α-hetero) is 1. The summed E-state index contributed by atoms with van der Waals surface area (Å²) >= 11 is 0. The summed E-state index contributed by atoms with van der Waals surface area (Å²) in [6, 6.07) is 14.7. The Bertz CT molecular complexity index is 911. The number of ketones is 1. The first kappa shape index (κ1) is 27.9. The first-order chi connectivity index (χ1) is 16.9. The number of hydrogen-bond acceptors (Lipinski definition) is 7. The molecule has 4 rings (SSSR count). The minimum Gasteiger partial charge on any atom is -0.465 e. The Labute approximate surface area is 208 Å². The molecule has 2 aliphatic carbocycles. The van der Waals surface area contributed by atoms with Crippen molar-refractivity contribution in [1.82, 2.24) is 0 Å². The molecule has 0 saturated heterocycles. The van der Waals surface area contributed by atoms with Gasteiger partial charge in [0.2, 0.25) is 0 Å². The van der Waals surface area contributed by atoms with Crippen molar-refractivity contribution >= 4 is 29.1 Å². The van der Waals surface area contributed by atoms with E-state index in [1.54, 1.807) is 36.4 Å². The Morgan fingerprint density at radius 1 is 0.743 bits per heavy atom. The monoisotopic (exact) mass is 482 g/mol. The van der Waals surface area contributed by atoms with Crippen molar-refractivity contribution in [3.8, 4) is 0 Å². The van der Waals surface area contributed by atoms with Gasteiger partial charge in [0.1, 0.15) is 5.78 Å². The van der Waals surface area contributed by atoms with Gasteiger partial charge in [0.25, 0.3) is 0 Å². The molecule has 3 N–H and O–H groups in total. The number of nitrogens with one attached hydrogen (secondary N) is 1. The molecule has 2 fully saturated rings. The Hall–Kier alpha value is -3.35. The maximum absolute atomic E-state index is 11.3. The maximum atomic E-state index is 11.3. The molecule has 0 amide bonds. The van der Waals surface area contributed by atoms with Crippen LogP contribution in [0.15, 0.2) is 48.5 Å². The van der Waals surface area contributed by atoms with Crippen molar-refractivity contribution in [1.29, 1.82) is 0 Å². The minimum absolute atomic E-state index is 0.283. The van der Waals surface area contributed by atoms with Crippen molar-refractivity contribution in [2.45, 2.75) is 70.3 Å². The fourth-order valence-corrected chi connectivity index (χ4v) is 3.99. The van der Waals surface area contributed by atoms with Crippen LogP contribution in [0.4, 0.5) is 11.4 Å². The third-order valence-electron chi connectivity index (χ3n) is 6.02. The van der Waals surface area contributed by atoms with Crippen LogP contribution in [-0.4, -0.2) is 38.0 Å². The van der Waals surface area contributed by atoms with E-state index in [-0.39, 0.29) is 11.9 Å². The molecule has 2 saturated carbocycles. The lowest BCUT2D eigenvalue weighted by atomic mass is 9.95. The molecule has 0 atom stereocenters. The highest BCUT2D eigenvalue weighted by Crippen LogP contribution is 2.22. The normalized spacial score (nSPS) is 15.4. The predicted octanol–water partition coefficient (Wildman–Crippen LogP) is 5.79. The molecule has 7 heteroatoms. The fraction of sp³-hybridized carbons (Fsp3) is 0.464. The first-order valence-electron chi connectivity index (χ1n) is 12.3. The zero-order valence-corrected chi connectivity index (χ0v) is 20.9. The van der Waals surface area contributed by atoms with Gasteiger partial charge in [-0.1, -0.05) is 25.7 Å². The second-order valence-corrected chi connectivity index (χ2v) is 8.76. The molecule has 35 heavy (non-hydrogen) atoms. The van der Waals surface area contributed by atoms with Crippen LogP contribution in [0.1, 0.15) is 84.9 Å². The van der Waals surface area contributed by atoms with E-state index in [2.05, 4.69) is 14.8 Å². The second kappa shape index (κ2) is 15.5. The number of hydrogen-bond donors (Lipinski definition) is 2. The first-order valence-corrected chi connectivity index (χ1v) is 12.3. The number of anilines is 2. The molecular formula is C28H38N2O5. The average Bonchev–Trinajstić information content (AvgIpc) is 2.90. The molecule has 2 aromatic carbocycles. The largest absolute Gasteiger partial charge is 0.465 e. The van der Waals surface area contributed by atoms with Crippen molar-refractivity contribution in [2.75, 3.05) is 25.3 Å². The lowest BCUT2D eigenvalue weighted by Gasteiger charge is -2.23. The van der Waals surface area contributed by atoms with Crippen LogP contribution in [0.3, 0.4) is 0 Å². The van der Waals surface area contributed by atoms with Crippen molar-refractivity contribution in [2.24, 2.45) is 0 Å². The SMILES string of the molecule is COC(=O)c1ccc(N)cc1.COC(=O)c1ccc(NC2CCCCC2)cc1.O=C1CCCCC1. The van der Waals surface area contributed by atoms with E-state index < -0.39 is 0 Å². The molecule has 0 radical (unpaired) electrons. The van der Waals surface area contributed by atoms with Gasteiger partial charge in [-0.3, -0.25) is 4.79 Å². The highest BCUT2D eigenvalue weighted by molar-refractivity contribution is 5.90. The van der Waals surface area contributed by atoms with Gasteiger partial charge in [-0.05, 0) is 74.2 Å². The molecule has 0 aromatic heterocycles. The van der Waals surface area contributed by atoms with Crippen LogP contribution in [0.5, 0.6) is 0 Å². The van der Waals surface area contributed by atoms with Crippen molar-refractivity contribution in [3.63, 3.8) is 0 Å². The van der Waals surface area contributed by atoms with Crippen molar-refractivity contribution in [3.05, 3.63) is 59.7 Å². The van der Waals surface area contributed by atoms with Gasteiger partial charge in [-0.25, -0.2) is 9.59 Å². The summed E-state index contributed by atoms with van der Waals surface area (Å²) in [5, 5.41) is 3.51. The number of carbonyl (C=O) groups is 3. The van der Waals surface area contributed by atoms with Crippen LogP contribution < -0.4 is 11.1 Å². The Kier molecular flexibility index (Phi) is 12.4. The summed E-state index contributed by atoms with van der Waals surface area (Å²) in [5.74, 6) is -0.162. The number of nitrogens with two attached hydrogens (primary N) is 1. The minimum atomic E-state index is -0.343. The van der Waals surface area contributed by atoms with Crippen LogP contribution in [-0.2, 0) is 14.3 Å².